The SMILES string of the molecule is O=C(NCc1ccc(Cl)cc1)N1CC(c2nc(-c3ccccc3)no2)C1. The van der Waals surface area contributed by atoms with Gasteiger partial charge in [-0.1, -0.05) is 59.2 Å². The molecule has 1 saturated heterocycles. The molecule has 0 unspecified atom stereocenters. The normalized spacial score (nSPS) is 14.1. The highest BCUT2D eigenvalue weighted by atomic mass is 35.5. The molecule has 0 spiro atoms. The maximum absolute atomic E-state index is 12.2. The first-order valence-electron chi connectivity index (χ1n) is 8.35. The zero-order chi connectivity index (χ0) is 17.9. The van der Waals surface area contributed by atoms with E-state index in [2.05, 4.69) is 15.5 Å². The van der Waals surface area contributed by atoms with E-state index in [1.54, 1.807) is 4.90 Å². The zero-order valence-electron chi connectivity index (χ0n) is 13.9. The number of likely N-dealkylation sites (tertiary alicyclic amines) is 1. The van der Waals surface area contributed by atoms with Gasteiger partial charge in [-0.25, -0.2) is 4.79 Å². The number of carbonyl (C=O) groups excluding carboxylic acids is 1. The van der Waals surface area contributed by atoms with E-state index in [0.29, 0.717) is 36.4 Å². The molecular formula is C19H17ClN4O2. The van der Waals surface area contributed by atoms with E-state index in [1.807, 2.05) is 54.6 Å². The Hall–Kier alpha value is -2.86. The Morgan fingerprint density at radius 1 is 1.15 bits per heavy atom. The van der Waals surface area contributed by atoms with E-state index < -0.39 is 0 Å². The summed E-state index contributed by atoms with van der Waals surface area (Å²) in [7, 11) is 0. The Balaban J connectivity index is 1.29. The van der Waals surface area contributed by atoms with E-state index in [4.69, 9.17) is 16.1 Å². The molecule has 3 aromatic rings. The molecule has 0 aliphatic carbocycles. The predicted molar refractivity (Wildman–Crippen MR) is 97.7 cm³/mol. The van der Waals surface area contributed by atoms with Crippen molar-refractivity contribution in [2.24, 2.45) is 0 Å². The van der Waals surface area contributed by atoms with Crippen molar-refractivity contribution in [2.45, 2.75) is 12.5 Å². The van der Waals surface area contributed by atoms with Crippen LogP contribution in [0.2, 0.25) is 5.02 Å². The summed E-state index contributed by atoms with van der Waals surface area (Å²) in [5.41, 5.74) is 1.92. The van der Waals surface area contributed by atoms with Crippen LogP contribution in [0.5, 0.6) is 0 Å². The van der Waals surface area contributed by atoms with Crippen LogP contribution in [0.3, 0.4) is 0 Å². The number of urea groups is 1. The highest BCUT2D eigenvalue weighted by molar-refractivity contribution is 6.30. The number of benzene rings is 2. The van der Waals surface area contributed by atoms with Gasteiger partial charge >= 0.3 is 6.03 Å². The molecule has 1 fully saturated rings. The Morgan fingerprint density at radius 3 is 2.62 bits per heavy atom. The average molecular weight is 369 g/mol. The number of amides is 2. The molecule has 0 bridgehead atoms. The monoisotopic (exact) mass is 368 g/mol. The highest BCUT2D eigenvalue weighted by Gasteiger charge is 2.35. The first-order valence-corrected chi connectivity index (χ1v) is 8.73. The molecule has 1 aromatic heterocycles. The highest BCUT2D eigenvalue weighted by Crippen LogP contribution is 2.27. The first-order chi connectivity index (χ1) is 12.7. The number of carbonyl (C=O) groups is 1. The molecule has 1 aliphatic heterocycles. The van der Waals surface area contributed by atoms with Crippen LogP contribution in [0, 0.1) is 0 Å². The van der Waals surface area contributed by atoms with Crippen molar-refractivity contribution in [3.8, 4) is 11.4 Å². The van der Waals surface area contributed by atoms with Crippen molar-refractivity contribution in [1.82, 2.24) is 20.4 Å². The molecule has 1 N–H and O–H groups in total. The van der Waals surface area contributed by atoms with Crippen LogP contribution in [0.15, 0.2) is 59.1 Å². The molecule has 6 nitrogen and oxygen atoms in total. The second kappa shape index (κ2) is 7.17. The lowest BCUT2D eigenvalue weighted by Gasteiger charge is -2.36. The maximum atomic E-state index is 12.2. The minimum Gasteiger partial charge on any atom is -0.339 e. The quantitative estimate of drug-likeness (QED) is 0.762. The molecule has 4 rings (SSSR count). The van der Waals surface area contributed by atoms with Gasteiger partial charge < -0.3 is 14.7 Å². The van der Waals surface area contributed by atoms with Crippen molar-refractivity contribution in [3.63, 3.8) is 0 Å². The molecule has 132 valence electrons. The van der Waals surface area contributed by atoms with Gasteiger partial charge in [0.05, 0.1) is 5.92 Å². The molecular weight excluding hydrogens is 352 g/mol. The standard InChI is InChI=1S/C19H17ClN4O2/c20-16-8-6-13(7-9-16)10-21-19(25)24-11-15(12-24)18-22-17(23-26-18)14-4-2-1-3-5-14/h1-9,15H,10-12H2,(H,21,25). The van der Waals surface area contributed by atoms with Crippen molar-refractivity contribution in [1.29, 1.82) is 0 Å². The topological polar surface area (TPSA) is 71.3 Å². The van der Waals surface area contributed by atoms with Crippen molar-refractivity contribution >= 4 is 17.6 Å². The lowest BCUT2D eigenvalue weighted by molar-refractivity contribution is 0.136. The molecule has 1 aliphatic rings. The van der Waals surface area contributed by atoms with Crippen LogP contribution in [-0.4, -0.2) is 34.2 Å². The summed E-state index contributed by atoms with van der Waals surface area (Å²) in [6.45, 7) is 1.61. The third-order valence-corrected chi connectivity index (χ3v) is 4.60. The molecule has 2 aromatic carbocycles. The minimum atomic E-state index is -0.0981. The van der Waals surface area contributed by atoms with Gasteiger partial charge in [0.1, 0.15) is 0 Å². The van der Waals surface area contributed by atoms with E-state index in [0.717, 1.165) is 11.1 Å². The number of halogens is 1. The third kappa shape index (κ3) is 3.55. The van der Waals surface area contributed by atoms with Gasteiger partial charge in [0.2, 0.25) is 11.7 Å². The fourth-order valence-corrected chi connectivity index (χ4v) is 2.92. The van der Waals surface area contributed by atoms with Crippen LogP contribution >= 0.6 is 11.6 Å². The Morgan fingerprint density at radius 2 is 1.88 bits per heavy atom. The molecule has 2 amide bonds. The van der Waals surface area contributed by atoms with Gasteiger partial charge in [0.25, 0.3) is 0 Å². The van der Waals surface area contributed by atoms with E-state index in [1.165, 1.54) is 0 Å². The maximum Gasteiger partial charge on any atom is 0.317 e. The van der Waals surface area contributed by atoms with Gasteiger partial charge in [-0.2, -0.15) is 4.98 Å². The lowest BCUT2D eigenvalue weighted by atomic mass is 10.0. The summed E-state index contributed by atoms with van der Waals surface area (Å²) >= 11 is 5.86. The van der Waals surface area contributed by atoms with Crippen LogP contribution in [0.25, 0.3) is 11.4 Å². The molecule has 26 heavy (non-hydrogen) atoms. The van der Waals surface area contributed by atoms with Gasteiger partial charge in [0.15, 0.2) is 0 Å². The number of aromatic nitrogens is 2. The van der Waals surface area contributed by atoms with Crippen LogP contribution in [0.1, 0.15) is 17.4 Å². The number of nitrogens with zero attached hydrogens (tertiary/aromatic N) is 3. The number of hydrogen-bond acceptors (Lipinski definition) is 4. The Kier molecular flexibility index (Phi) is 4.58. The van der Waals surface area contributed by atoms with E-state index in [-0.39, 0.29) is 11.9 Å². The van der Waals surface area contributed by atoms with E-state index >= 15 is 0 Å². The number of nitrogens with one attached hydrogen (secondary N) is 1. The Labute approximate surface area is 155 Å². The number of rotatable bonds is 4. The lowest BCUT2D eigenvalue weighted by Crippen LogP contribution is -2.52. The fourth-order valence-electron chi connectivity index (χ4n) is 2.80. The summed E-state index contributed by atoms with van der Waals surface area (Å²) < 4.78 is 5.36. The van der Waals surface area contributed by atoms with Crippen molar-refractivity contribution in [2.75, 3.05) is 13.1 Å². The molecule has 0 radical (unpaired) electrons. The summed E-state index contributed by atoms with van der Waals surface area (Å²) in [6, 6.07) is 17.0. The summed E-state index contributed by atoms with van der Waals surface area (Å²) in [5.74, 6) is 1.23. The summed E-state index contributed by atoms with van der Waals surface area (Å²) in [6.07, 6.45) is 0. The van der Waals surface area contributed by atoms with Crippen LogP contribution in [-0.2, 0) is 6.54 Å². The van der Waals surface area contributed by atoms with Crippen LogP contribution < -0.4 is 5.32 Å². The van der Waals surface area contributed by atoms with Gasteiger partial charge in [-0.05, 0) is 17.7 Å². The van der Waals surface area contributed by atoms with Gasteiger partial charge in [-0.3, -0.25) is 0 Å². The van der Waals surface area contributed by atoms with Crippen LogP contribution in [0.4, 0.5) is 4.79 Å². The molecule has 0 atom stereocenters. The molecule has 0 saturated carbocycles. The number of hydrogen-bond donors (Lipinski definition) is 1. The third-order valence-electron chi connectivity index (χ3n) is 4.35. The average Bonchev–Trinajstić information content (AvgIpc) is 3.10. The molecule has 7 heteroatoms. The summed E-state index contributed by atoms with van der Waals surface area (Å²) in [4.78, 5) is 18.4. The second-order valence-electron chi connectivity index (χ2n) is 6.21. The predicted octanol–water partition coefficient (Wildman–Crippen LogP) is 3.70. The van der Waals surface area contributed by atoms with Gasteiger partial charge in [-0.15, -0.1) is 0 Å². The smallest absolute Gasteiger partial charge is 0.317 e. The molecule has 2 heterocycles. The van der Waals surface area contributed by atoms with E-state index in [9.17, 15) is 4.79 Å². The Bertz CT molecular complexity index is 889. The second-order valence-corrected chi connectivity index (χ2v) is 6.65. The van der Waals surface area contributed by atoms with Crippen molar-refractivity contribution < 1.29 is 9.32 Å². The largest absolute Gasteiger partial charge is 0.339 e. The van der Waals surface area contributed by atoms with Crippen molar-refractivity contribution in [3.05, 3.63) is 71.1 Å². The minimum absolute atomic E-state index is 0.0845. The van der Waals surface area contributed by atoms with Gasteiger partial charge in [0, 0.05) is 30.2 Å². The first kappa shape index (κ1) is 16.6. The zero-order valence-corrected chi connectivity index (χ0v) is 14.7. The summed E-state index contributed by atoms with van der Waals surface area (Å²) in [5, 5.41) is 7.61. The fraction of sp³-hybridized carbons (Fsp3) is 0.211.